The van der Waals surface area contributed by atoms with E-state index in [0.29, 0.717) is 19.3 Å². The van der Waals surface area contributed by atoms with Crippen LogP contribution >= 0.6 is 0 Å². The summed E-state index contributed by atoms with van der Waals surface area (Å²) in [5.41, 5.74) is 0. The van der Waals surface area contributed by atoms with Crippen molar-refractivity contribution in [2.75, 3.05) is 13.2 Å². The van der Waals surface area contributed by atoms with Gasteiger partial charge in [0.05, 0.1) is 6.42 Å². The van der Waals surface area contributed by atoms with Crippen LogP contribution < -0.4 is 0 Å². The fourth-order valence-corrected chi connectivity index (χ4v) is 6.66. The molecule has 0 heterocycles. The molecule has 0 aliphatic rings. The first-order valence-corrected chi connectivity index (χ1v) is 26.0. The van der Waals surface area contributed by atoms with E-state index >= 15 is 0 Å². The van der Waals surface area contributed by atoms with Crippen molar-refractivity contribution < 1.29 is 28.6 Å². The summed E-state index contributed by atoms with van der Waals surface area (Å²) in [5.74, 6) is -1.07. The molecule has 0 saturated carbocycles. The third-order valence-corrected chi connectivity index (χ3v) is 10.5. The van der Waals surface area contributed by atoms with Gasteiger partial charge in [-0.05, 0) is 89.9 Å². The highest BCUT2D eigenvalue weighted by Gasteiger charge is 2.19. The maximum atomic E-state index is 12.7. The minimum atomic E-state index is -0.837. The van der Waals surface area contributed by atoms with Gasteiger partial charge in [-0.15, -0.1) is 0 Å². The van der Waals surface area contributed by atoms with Gasteiger partial charge in [-0.1, -0.05) is 226 Å². The fourth-order valence-electron chi connectivity index (χ4n) is 6.66. The van der Waals surface area contributed by atoms with E-state index in [4.69, 9.17) is 14.2 Å². The number of unbranched alkanes of at least 4 members (excludes halogenated alkanes) is 15. The van der Waals surface area contributed by atoms with Crippen LogP contribution in [0.5, 0.6) is 0 Å². The molecule has 0 aromatic heterocycles. The molecule has 6 heteroatoms. The van der Waals surface area contributed by atoms with Crippen molar-refractivity contribution >= 4 is 17.9 Å². The molecule has 1 atom stereocenters. The molecule has 0 radical (unpaired) electrons. The molecule has 65 heavy (non-hydrogen) atoms. The summed E-state index contributed by atoms with van der Waals surface area (Å²) in [6.07, 6.45) is 72.2. The third-order valence-electron chi connectivity index (χ3n) is 10.5. The van der Waals surface area contributed by atoms with Crippen LogP contribution in [0.2, 0.25) is 0 Å². The number of hydrogen-bond acceptors (Lipinski definition) is 6. The predicted molar refractivity (Wildman–Crippen MR) is 279 cm³/mol. The average molecular weight is 899 g/mol. The summed E-state index contributed by atoms with van der Waals surface area (Å²) in [7, 11) is 0. The number of hydrogen-bond donors (Lipinski definition) is 0. The molecule has 6 nitrogen and oxygen atoms in total. The lowest BCUT2D eigenvalue weighted by Gasteiger charge is -2.18. The van der Waals surface area contributed by atoms with Crippen LogP contribution in [0.15, 0.2) is 122 Å². The van der Waals surface area contributed by atoms with Crippen LogP contribution in [0.4, 0.5) is 0 Å². The monoisotopic (exact) mass is 899 g/mol. The molecular weight excluding hydrogens is 805 g/mol. The number of rotatable bonds is 45. The Balaban J connectivity index is 4.42. The van der Waals surface area contributed by atoms with Gasteiger partial charge in [0.2, 0.25) is 0 Å². The second-order valence-electron chi connectivity index (χ2n) is 16.7. The zero-order valence-corrected chi connectivity index (χ0v) is 41.7. The minimum Gasteiger partial charge on any atom is -0.462 e. The van der Waals surface area contributed by atoms with Crippen molar-refractivity contribution in [2.24, 2.45) is 0 Å². The fraction of sp³-hybridized carbons (Fsp3) is 0.610. The van der Waals surface area contributed by atoms with E-state index in [1.165, 1.54) is 64.2 Å². The molecule has 0 spiro atoms. The Kier molecular flexibility index (Phi) is 49.1. The van der Waals surface area contributed by atoms with Crippen molar-refractivity contribution in [3.63, 3.8) is 0 Å². The van der Waals surface area contributed by atoms with Crippen molar-refractivity contribution in [3.05, 3.63) is 122 Å². The molecule has 0 aliphatic heterocycles. The van der Waals surface area contributed by atoms with Gasteiger partial charge in [0, 0.05) is 12.8 Å². The number of ether oxygens (including phenoxy) is 3. The summed E-state index contributed by atoms with van der Waals surface area (Å²) in [6.45, 7) is 6.28. The van der Waals surface area contributed by atoms with E-state index in [9.17, 15) is 14.4 Å². The van der Waals surface area contributed by atoms with Gasteiger partial charge in [0.15, 0.2) is 6.10 Å². The van der Waals surface area contributed by atoms with Gasteiger partial charge in [-0.2, -0.15) is 0 Å². The smallest absolute Gasteiger partial charge is 0.310 e. The lowest BCUT2D eigenvalue weighted by molar-refractivity contribution is -0.166. The minimum absolute atomic E-state index is 0.0910. The summed E-state index contributed by atoms with van der Waals surface area (Å²) in [6, 6.07) is 0. The summed E-state index contributed by atoms with van der Waals surface area (Å²) in [5, 5.41) is 0. The third kappa shape index (κ3) is 50.7. The van der Waals surface area contributed by atoms with E-state index < -0.39 is 12.1 Å². The Labute approximate surface area is 399 Å². The van der Waals surface area contributed by atoms with E-state index in [1.54, 1.807) is 6.08 Å². The Morgan fingerprint density at radius 3 is 1.02 bits per heavy atom. The van der Waals surface area contributed by atoms with Crippen LogP contribution in [0.25, 0.3) is 0 Å². The Bertz CT molecular complexity index is 1400. The van der Waals surface area contributed by atoms with Crippen LogP contribution in [0.1, 0.15) is 213 Å². The lowest BCUT2D eigenvalue weighted by atomic mass is 10.1. The zero-order chi connectivity index (χ0) is 47.2. The quantitative estimate of drug-likeness (QED) is 0.0262. The molecule has 0 aromatic rings. The van der Waals surface area contributed by atoms with Crippen LogP contribution in [-0.4, -0.2) is 37.2 Å². The van der Waals surface area contributed by atoms with Crippen molar-refractivity contribution in [1.29, 1.82) is 0 Å². The van der Waals surface area contributed by atoms with E-state index in [1.807, 2.05) is 6.08 Å². The SMILES string of the molecule is CC/C=C\C/C=C\C/C=C\C/C=C\C/C=C\CCCCCCCCCC(=O)OCC(COC(=O)CCCCCCCCCCC)OC(=O)C/C=C\C/C=C\C/C=C\C/C=C\C/C=C\CC. The van der Waals surface area contributed by atoms with Crippen LogP contribution in [0, 0.1) is 0 Å². The Hall–Kier alpha value is -4.19. The summed E-state index contributed by atoms with van der Waals surface area (Å²) < 4.78 is 16.6. The highest BCUT2D eigenvalue weighted by Crippen LogP contribution is 2.13. The molecular formula is C59H94O6. The highest BCUT2D eigenvalue weighted by molar-refractivity contribution is 5.72. The largest absolute Gasteiger partial charge is 0.462 e. The second-order valence-corrected chi connectivity index (χ2v) is 16.7. The van der Waals surface area contributed by atoms with Crippen LogP contribution in [0.3, 0.4) is 0 Å². The number of allylic oxidation sites excluding steroid dienone is 19. The first kappa shape index (κ1) is 60.8. The van der Waals surface area contributed by atoms with Crippen LogP contribution in [-0.2, 0) is 28.6 Å². The first-order chi connectivity index (χ1) is 32.0. The number of esters is 3. The van der Waals surface area contributed by atoms with Gasteiger partial charge < -0.3 is 14.2 Å². The predicted octanol–water partition coefficient (Wildman–Crippen LogP) is 17.3. The molecule has 1 unspecified atom stereocenters. The van der Waals surface area contributed by atoms with Gasteiger partial charge in [-0.3, -0.25) is 14.4 Å². The molecule has 0 amide bonds. The highest BCUT2D eigenvalue weighted by atomic mass is 16.6. The van der Waals surface area contributed by atoms with Crippen molar-refractivity contribution in [2.45, 2.75) is 219 Å². The molecule has 0 aliphatic carbocycles. The average Bonchev–Trinajstić information content (AvgIpc) is 3.30. The maximum Gasteiger partial charge on any atom is 0.310 e. The zero-order valence-electron chi connectivity index (χ0n) is 41.7. The molecule has 0 bridgehead atoms. The maximum absolute atomic E-state index is 12.7. The molecule has 0 fully saturated rings. The molecule has 0 aromatic carbocycles. The topological polar surface area (TPSA) is 78.9 Å². The summed E-state index contributed by atoms with van der Waals surface area (Å²) >= 11 is 0. The molecule has 0 saturated heterocycles. The Morgan fingerprint density at radius 1 is 0.338 bits per heavy atom. The van der Waals surface area contributed by atoms with Crippen molar-refractivity contribution in [3.8, 4) is 0 Å². The molecule has 0 rings (SSSR count). The van der Waals surface area contributed by atoms with E-state index in [-0.39, 0.29) is 31.6 Å². The van der Waals surface area contributed by atoms with E-state index in [2.05, 4.69) is 130 Å². The van der Waals surface area contributed by atoms with Gasteiger partial charge in [0.25, 0.3) is 0 Å². The molecule has 366 valence electrons. The summed E-state index contributed by atoms with van der Waals surface area (Å²) in [4.78, 5) is 37.8. The van der Waals surface area contributed by atoms with Gasteiger partial charge >= 0.3 is 17.9 Å². The number of carbonyl (C=O) groups is 3. The molecule has 0 N–H and O–H groups in total. The van der Waals surface area contributed by atoms with E-state index in [0.717, 1.165) is 103 Å². The normalized spacial score (nSPS) is 13.1. The number of carbonyl (C=O) groups excluding carboxylic acids is 3. The first-order valence-electron chi connectivity index (χ1n) is 26.0. The van der Waals surface area contributed by atoms with Gasteiger partial charge in [-0.25, -0.2) is 0 Å². The second kappa shape index (κ2) is 52.4. The lowest BCUT2D eigenvalue weighted by Crippen LogP contribution is -2.30. The Morgan fingerprint density at radius 2 is 0.646 bits per heavy atom. The van der Waals surface area contributed by atoms with Crippen molar-refractivity contribution in [1.82, 2.24) is 0 Å². The standard InChI is InChI=1S/C59H94O6/c1-4-7-10-13-16-19-21-23-25-26-27-28-29-30-31-32-34-35-37-40-43-46-49-52-58(61)64-55-56(54-63-57(60)51-48-45-42-39-18-15-12-9-6-3)65-59(62)53-50-47-44-41-38-36-33-24-22-20-17-14-11-8-5-2/h7-8,10-11,16-17,19-20,23-25,27-28,30-31,33,38,41,47,50,56H,4-6,9,12-15,18,21-22,26,29,32,34-37,39-40,42-46,48-49,51-55H2,1-3H3/b10-7-,11-8-,19-16-,20-17-,25-23-,28-27-,31-30-,33-24-,41-38-,50-47-. The van der Waals surface area contributed by atoms with Gasteiger partial charge in [0.1, 0.15) is 13.2 Å².